The Bertz CT molecular complexity index is 1170. The van der Waals surface area contributed by atoms with E-state index in [1.54, 1.807) is 12.1 Å². The first kappa shape index (κ1) is 21.9. The highest BCUT2D eigenvalue weighted by Gasteiger charge is 2.32. The third-order valence-corrected chi connectivity index (χ3v) is 6.27. The van der Waals surface area contributed by atoms with Gasteiger partial charge in [-0.3, -0.25) is 4.79 Å². The zero-order chi connectivity index (χ0) is 22.8. The van der Waals surface area contributed by atoms with Crippen LogP contribution in [0.3, 0.4) is 0 Å². The number of hydrogen-bond acceptors (Lipinski definition) is 6. The van der Waals surface area contributed by atoms with Crippen LogP contribution in [0.1, 0.15) is 37.2 Å². The van der Waals surface area contributed by atoms with Gasteiger partial charge in [-0.15, -0.1) is 0 Å². The Balaban J connectivity index is 1.26. The maximum atomic E-state index is 14.7. The molecule has 1 saturated heterocycles. The number of nitrogens with zero attached hydrogens (tertiary/aromatic N) is 3. The fourth-order valence-corrected chi connectivity index (χ4v) is 4.05. The van der Waals surface area contributed by atoms with Crippen LogP contribution in [0.15, 0.2) is 53.6 Å². The molecule has 1 atom stereocenters. The number of hydrogen-bond donors (Lipinski definition) is 1. The Morgan fingerprint density at radius 3 is 2.70 bits per heavy atom. The molecule has 172 valence electrons. The molecule has 2 aromatic heterocycles. The lowest BCUT2D eigenvalue weighted by atomic mass is 9.99. The Kier molecular flexibility index (Phi) is 6.03. The largest absolute Gasteiger partial charge is 0.439 e. The van der Waals surface area contributed by atoms with Crippen LogP contribution in [-0.4, -0.2) is 40.2 Å². The third-order valence-electron chi connectivity index (χ3n) is 5.91. The topological polar surface area (TPSA) is 78.3 Å². The lowest BCUT2D eigenvalue weighted by molar-refractivity contribution is -0.0234. The summed E-state index contributed by atoms with van der Waals surface area (Å²) in [5, 5.41) is 6.99. The number of benzene rings is 1. The number of pyridine rings is 1. The molecule has 1 aliphatic carbocycles. The van der Waals surface area contributed by atoms with Crippen LogP contribution in [0.5, 0.6) is 11.6 Å². The summed E-state index contributed by atoms with van der Waals surface area (Å²) < 4.78 is 26.9. The van der Waals surface area contributed by atoms with Crippen LogP contribution < -0.4 is 15.6 Å². The first-order valence-corrected chi connectivity index (χ1v) is 11.4. The summed E-state index contributed by atoms with van der Waals surface area (Å²) in [6.07, 6.45) is 6.45. The second kappa shape index (κ2) is 9.11. The zero-order valence-electron chi connectivity index (χ0n) is 18.0. The predicted octanol–water partition coefficient (Wildman–Crippen LogP) is 4.88. The standard InChI is InChI=1S/C24H24ClFN4O3/c25-22-20(28-14-24(26)10-1-11-32-15-24)13-29-30(23(22)31)18-6-9-21(27-12-18)33-19-7-4-17(5-8-19)16-2-3-16/h4-9,12-13,16,28H,1-3,10-11,14-15H2. The normalized spacial score (nSPS) is 20.4. The SMILES string of the molecule is O=c1c(Cl)c(NCC2(F)CCCOC2)cnn1-c1ccc(Oc2ccc(C3CC3)cc2)nc1. The number of aromatic nitrogens is 3. The molecule has 1 saturated carbocycles. The lowest BCUT2D eigenvalue weighted by Gasteiger charge is -2.29. The van der Waals surface area contributed by atoms with E-state index in [4.69, 9.17) is 21.1 Å². The molecule has 1 unspecified atom stereocenters. The van der Waals surface area contributed by atoms with Crippen LogP contribution in [0.4, 0.5) is 10.1 Å². The van der Waals surface area contributed by atoms with E-state index < -0.39 is 11.2 Å². The van der Waals surface area contributed by atoms with Crippen molar-refractivity contribution < 1.29 is 13.9 Å². The van der Waals surface area contributed by atoms with Crippen molar-refractivity contribution in [3.63, 3.8) is 0 Å². The molecule has 1 aliphatic heterocycles. The van der Waals surface area contributed by atoms with Gasteiger partial charge < -0.3 is 14.8 Å². The second-order valence-electron chi connectivity index (χ2n) is 8.55. The van der Waals surface area contributed by atoms with Gasteiger partial charge >= 0.3 is 0 Å². The summed E-state index contributed by atoms with van der Waals surface area (Å²) >= 11 is 6.25. The number of nitrogens with one attached hydrogen (secondary N) is 1. The molecule has 33 heavy (non-hydrogen) atoms. The number of ether oxygens (including phenoxy) is 2. The predicted molar refractivity (Wildman–Crippen MR) is 124 cm³/mol. The number of rotatable bonds is 7. The van der Waals surface area contributed by atoms with Crippen molar-refractivity contribution in [2.24, 2.45) is 0 Å². The number of alkyl halides is 1. The van der Waals surface area contributed by atoms with Crippen LogP contribution in [-0.2, 0) is 4.74 Å². The summed E-state index contributed by atoms with van der Waals surface area (Å²) in [4.78, 5) is 17.0. The van der Waals surface area contributed by atoms with Crippen LogP contribution in [0, 0.1) is 0 Å². The van der Waals surface area contributed by atoms with Gasteiger partial charge in [0.1, 0.15) is 10.8 Å². The molecule has 2 aliphatic rings. The molecule has 3 aromatic rings. The maximum Gasteiger partial charge on any atom is 0.292 e. The Morgan fingerprint density at radius 2 is 2.03 bits per heavy atom. The first-order chi connectivity index (χ1) is 16.0. The van der Waals surface area contributed by atoms with E-state index in [0.717, 1.165) is 4.68 Å². The van der Waals surface area contributed by atoms with Gasteiger partial charge in [0.15, 0.2) is 5.67 Å². The van der Waals surface area contributed by atoms with Crippen molar-refractivity contribution in [3.8, 4) is 17.3 Å². The molecule has 0 spiro atoms. The fraction of sp³-hybridized carbons (Fsp3) is 0.375. The van der Waals surface area contributed by atoms with Crippen molar-refractivity contribution >= 4 is 17.3 Å². The minimum absolute atomic E-state index is 0.00686. The Morgan fingerprint density at radius 1 is 1.21 bits per heavy atom. The van der Waals surface area contributed by atoms with E-state index >= 15 is 0 Å². The summed E-state index contributed by atoms with van der Waals surface area (Å²) in [7, 11) is 0. The molecule has 0 bridgehead atoms. The van der Waals surface area contributed by atoms with Gasteiger partial charge in [-0.2, -0.15) is 9.78 Å². The summed E-state index contributed by atoms with van der Waals surface area (Å²) in [6, 6.07) is 11.4. The second-order valence-corrected chi connectivity index (χ2v) is 8.93. The zero-order valence-corrected chi connectivity index (χ0v) is 18.7. The van der Waals surface area contributed by atoms with Gasteiger partial charge in [-0.1, -0.05) is 23.7 Å². The first-order valence-electron chi connectivity index (χ1n) is 11.0. The minimum Gasteiger partial charge on any atom is -0.439 e. The molecular weight excluding hydrogens is 447 g/mol. The van der Waals surface area contributed by atoms with Gasteiger partial charge in [-0.05, 0) is 55.4 Å². The molecule has 0 amide bonds. The molecule has 7 nitrogen and oxygen atoms in total. The van der Waals surface area contributed by atoms with Gasteiger partial charge in [-0.25, -0.2) is 9.37 Å². The molecule has 2 fully saturated rings. The van der Waals surface area contributed by atoms with Crippen molar-refractivity contribution in [2.45, 2.75) is 37.3 Å². The average Bonchev–Trinajstić information content (AvgIpc) is 3.67. The number of halogens is 2. The smallest absolute Gasteiger partial charge is 0.292 e. The molecule has 9 heteroatoms. The highest BCUT2D eigenvalue weighted by atomic mass is 35.5. The van der Waals surface area contributed by atoms with Crippen LogP contribution in [0.2, 0.25) is 5.02 Å². The summed E-state index contributed by atoms with van der Waals surface area (Å²) in [6.45, 7) is 0.578. The van der Waals surface area contributed by atoms with E-state index in [1.165, 1.54) is 30.8 Å². The molecule has 1 aromatic carbocycles. The van der Waals surface area contributed by atoms with E-state index in [0.29, 0.717) is 42.7 Å². The van der Waals surface area contributed by atoms with Gasteiger partial charge in [0, 0.05) is 12.7 Å². The molecule has 1 N–H and O–H groups in total. The lowest BCUT2D eigenvalue weighted by Crippen LogP contribution is -2.40. The van der Waals surface area contributed by atoms with E-state index in [9.17, 15) is 9.18 Å². The summed E-state index contributed by atoms with van der Waals surface area (Å²) in [5.41, 5.74) is 0.0323. The van der Waals surface area contributed by atoms with Gasteiger partial charge in [0.25, 0.3) is 5.56 Å². The molecule has 0 radical (unpaired) electrons. The summed E-state index contributed by atoms with van der Waals surface area (Å²) in [5.74, 6) is 1.79. The van der Waals surface area contributed by atoms with Crippen LogP contribution in [0.25, 0.3) is 5.69 Å². The quantitative estimate of drug-likeness (QED) is 0.530. The maximum absolute atomic E-state index is 14.7. The highest BCUT2D eigenvalue weighted by molar-refractivity contribution is 6.32. The minimum atomic E-state index is -1.49. The van der Waals surface area contributed by atoms with Crippen LogP contribution >= 0.6 is 11.6 Å². The van der Waals surface area contributed by atoms with E-state index in [2.05, 4.69) is 27.5 Å². The monoisotopic (exact) mass is 470 g/mol. The highest BCUT2D eigenvalue weighted by Crippen LogP contribution is 2.40. The average molecular weight is 471 g/mol. The van der Waals surface area contributed by atoms with Crippen molar-refractivity contribution in [2.75, 3.05) is 25.1 Å². The van der Waals surface area contributed by atoms with Crippen molar-refractivity contribution in [1.82, 2.24) is 14.8 Å². The van der Waals surface area contributed by atoms with Gasteiger partial charge in [0.05, 0.1) is 36.9 Å². The fourth-order valence-electron chi connectivity index (χ4n) is 3.85. The van der Waals surface area contributed by atoms with Crippen molar-refractivity contribution in [1.29, 1.82) is 0 Å². The van der Waals surface area contributed by atoms with E-state index in [1.807, 2.05) is 12.1 Å². The Labute approximate surface area is 195 Å². The Hall–Kier alpha value is -2.97. The van der Waals surface area contributed by atoms with Crippen molar-refractivity contribution in [3.05, 3.63) is 69.7 Å². The van der Waals surface area contributed by atoms with Gasteiger partial charge in [0.2, 0.25) is 5.88 Å². The molecule has 3 heterocycles. The number of anilines is 1. The molecular formula is C24H24ClFN4O3. The molecule has 5 rings (SSSR count). The third kappa shape index (κ3) is 5.02. The van der Waals surface area contributed by atoms with E-state index in [-0.39, 0.29) is 23.9 Å².